The van der Waals surface area contributed by atoms with Crippen molar-refractivity contribution in [3.63, 3.8) is 0 Å². The van der Waals surface area contributed by atoms with Gasteiger partial charge in [-0.05, 0) is 49.6 Å². The molecule has 1 amide bonds. The molecule has 1 aliphatic rings. The minimum absolute atomic E-state index is 0.0269. The predicted octanol–water partition coefficient (Wildman–Crippen LogP) is 3.66. The Labute approximate surface area is 148 Å². The van der Waals surface area contributed by atoms with E-state index < -0.39 is 0 Å². The number of hydrogen-bond acceptors (Lipinski definition) is 2. The summed E-state index contributed by atoms with van der Waals surface area (Å²) in [6, 6.07) is 14.8. The highest BCUT2D eigenvalue weighted by Crippen LogP contribution is 2.19. The second-order valence-corrected chi connectivity index (χ2v) is 6.91. The summed E-state index contributed by atoms with van der Waals surface area (Å²) in [5.74, 6) is -0.0554. The molecule has 3 nitrogen and oxygen atoms in total. The zero-order valence-electron chi connectivity index (χ0n) is 14.7. The Hall–Kier alpha value is -2.20. The molecule has 2 aromatic carbocycles. The van der Waals surface area contributed by atoms with Gasteiger partial charge in [0.05, 0.1) is 5.92 Å². The van der Waals surface area contributed by atoms with Gasteiger partial charge in [-0.25, -0.2) is 4.39 Å². The van der Waals surface area contributed by atoms with Crippen LogP contribution in [0.15, 0.2) is 48.5 Å². The van der Waals surface area contributed by atoms with Gasteiger partial charge in [-0.3, -0.25) is 9.69 Å². The largest absolute Gasteiger partial charge is 0.352 e. The maximum absolute atomic E-state index is 13.0. The van der Waals surface area contributed by atoms with Gasteiger partial charge in [-0.2, -0.15) is 0 Å². The summed E-state index contributed by atoms with van der Waals surface area (Å²) in [6.07, 6.45) is 1.95. The van der Waals surface area contributed by atoms with Gasteiger partial charge in [0.2, 0.25) is 5.91 Å². The van der Waals surface area contributed by atoms with Crippen LogP contribution in [0.3, 0.4) is 0 Å². The van der Waals surface area contributed by atoms with Crippen LogP contribution >= 0.6 is 0 Å². The molecular formula is C21H25FN2O. The SMILES string of the molecule is Cc1cccc(CNC(=O)[C@H]2CCCN(Cc3ccc(F)cc3)C2)c1. The first-order chi connectivity index (χ1) is 12.1. The lowest BCUT2D eigenvalue weighted by atomic mass is 9.96. The monoisotopic (exact) mass is 340 g/mol. The van der Waals surface area contributed by atoms with E-state index in [9.17, 15) is 9.18 Å². The molecule has 3 rings (SSSR count). The number of piperidine rings is 1. The number of nitrogens with one attached hydrogen (secondary N) is 1. The topological polar surface area (TPSA) is 32.3 Å². The summed E-state index contributed by atoms with van der Waals surface area (Å²) in [7, 11) is 0. The first kappa shape index (κ1) is 17.6. The van der Waals surface area contributed by atoms with Gasteiger partial charge >= 0.3 is 0 Å². The molecule has 1 saturated heterocycles. The number of carbonyl (C=O) groups excluding carboxylic acids is 1. The van der Waals surface area contributed by atoms with Crippen LogP contribution < -0.4 is 5.32 Å². The van der Waals surface area contributed by atoms with E-state index in [2.05, 4.69) is 29.3 Å². The number of amides is 1. The lowest BCUT2D eigenvalue weighted by molar-refractivity contribution is -0.126. The van der Waals surface area contributed by atoms with Crippen molar-refractivity contribution in [1.82, 2.24) is 10.2 Å². The summed E-state index contributed by atoms with van der Waals surface area (Å²) in [4.78, 5) is 14.8. The van der Waals surface area contributed by atoms with Gasteiger partial charge in [0.15, 0.2) is 0 Å². The van der Waals surface area contributed by atoms with Crippen LogP contribution in [0.25, 0.3) is 0 Å². The van der Waals surface area contributed by atoms with Crippen LogP contribution in [0, 0.1) is 18.7 Å². The number of aryl methyl sites for hydroxylation is 1. The summed E-state index contributed by atoms with van der Waals surface area (Å²) in [6.45, 7) is 5.15. The van der Waals surface area contributed by atoms with E-state index in [4.69, 9.17) is 0 Å². The standard InChI is InChI=1S/C21H25FN2O/c1-16-4-2-5-18(12-16)13-23-21(25)19-6-3-11-24(15-19)14-17-7-9-20(22)10-8-17/h2,4-5,7-10,12,19H,3,6,11,13-15H2,1H3,(H,23,25)/t19-/m0/s1. The van der Waals surface area contributed by atoms with E-state index in [1.165, 1.54) is 17.7 Å². The van der Waals surface area contributed by atoms with Crippen molar-refractivity contribution in [2.75, 3.05) is 13.1 Å². The fourth-order valence-electron chi connectivity index (χ4n) is 3.42. The van der Waals surface area contributed by atoms with Gasteiger partial charge in [0.25, 0.3) is 0 Å². The molecule has 1 N–H and O–H groups in total. The predicted molar refractivity (Wildman–Crippen MR) is 97.4 cm³/mol. The van der Waals surface area contributed by atoms with Crippen molar-refractivity contribution >= 4 is 5.91 Å². The van der Waals surface area contributed by atoms with Crippen LogP contribution in [0.1, 0.15) is 29.5 Å². The van der Waals surface area contributed by atoms with Gasteiger partial charge in [-0.15, -0.1) is 0 Å². The number of likely N-dealkylation sites (tertiary alicyclic amines) is 1. The molecular weight excluding hydrogens is 315 g/mol. The molecule has 0 radical (unpaired) electrons. The van der Waals surface area contributed by atoms with E-state index in [0.29, 0.717) is 6.54 Å². The second kappa shape index (κ2) is 8.26. The summed E-state index contributed by atoms with van der Waals surface area (Å²) >= 11 is 0. The lowest BCUT2D eigenvalue weighted by Crippen LogP contribution is -2.42. The number of benzene rings is 2. The van der Waals surface area contributed by atoms with E-state index in [-0.39, 0.29) is 17.6 Å². The Kier molecular flexibility index (Phi) is 5.82. The molecule has 0 bridgehead atoms. The Morgan fingerprint density at radius 3 is 2.76 bits per heavy atom. The second-order valence-electron chi connectivity index (χ2n) is 6.91. The van der Waals surface area contributed by atoms with Crippen molar-refractivity contribution in [3.8, 4) is 0 Å². The average Bonchev–Trinajstić information content (AvgIpc) is 2.62. The molecule has 0 unspecified atom stereocenters. The molecule has 2 aromatic rings. The minimum Gasteiger partial charge on any atom is -0.352 e. The molecule has 25 heavy (non-hydrogen) atoms. The van der Waals surface area contributed by atoms with Crippen LogP contribution in [-0.4, -0.2) is 23.9 Å². The van der Waals surface area contributed by atoms with Crippen molar-refractivity contribution in [2.45, 2.75) is 32.9 Å². The third-order valence-electron chi connectivity index (χ3n) is 4.74. The lowest BCUT2D eigenvalue weighted by Gasteiger charge is -2.32. The number of hydrogen-bond donors (Lipinski definition) is 1. The molecule has 4 heteroatoms. The number of nitrogens with zero attached hydrogens (tertiary/aromatic N) is 1. The summed E-state index contributed by atoms with van der Waals surface area (Å²) in [5.41, 5.74) is 3.42. The highest BCUT2D eigenvalue weighted by molar-refractivity contribution is 5.79. The van der Waals surface area contributed by atoms with Crippen molar-refractivity contribution in [3.05, 3.63) is 71.0 Å². The molecule has 1 fully saturated rings. The summed E-state index contributed by atoms with van der Waals surface area (Å²) in [5, 5.41) is 3.07. The van der Waals surface area contributed by atoms with Gasteiger partial charge < -0.3 is 5.32 Å². The first-order valence-electron chi connectivity index (χ1n) is 8.90. The highest BCUT2D eigenvalue weighted by Gasteiger charge is 2.25. The Bertz CT molecular complexity index is 714. The number of halogens is 1. The third kappa shape index (κ3) is 5.13. The van der Waals surface area contributed by atoms with Crippen LogP contribution in [0.2, 0.25) is 0 Å². The molecule has 1 aliphatic heterocycles. The average molecular weight is 340 g/mol. The van der Waals surface area contributed by atoms with E-state index in [0.717, 1.165) is 43.6 Å². The van der Waals surface area contributed by atoms with Crippen molar-refractivity contribution in [1.29, 1.82) is 0 Å². The Balaban J connectivity index is 1.51. The van der Waals surface area contributed by atoms with Gasteiger partial charge in [0.1, 0.15) is 5.82 Å². The normalized spacial score (nSPS) is 18.1. The van der Waals surface area contributed by atoms with Crippen LogP contribution in [-0.2, 0) is 17.9 Å². The van der Waals surface area contributed by atoms with E-state index >= 15 is 0 Å². The highest BCUT2D eigenvalue weighted by atomic mass is 19.1. The molecule has 1 atom stereocenters. The van der Waals surface area contributed by atoms with E-state index in [1.54, 1.807) is 0 Å². The quantitative estimate of drug-likeness (QED) is 0.901. The third-order valence-corrected chi connectivity index (χ3v) is 4.74. The minimum atomic E-state index is -0.212. The molecule has 132 valence electrons. The van der Waals surface area contributed by atoms with Crippen molar-refractivity contribution < 1.29 is 9.18 Å². The fourth-order valence-corrected chi connectivity index (χ4v) is 3.42. The smallest absolute Gasteiger partial charge is 0.224 e. The maximum Gasteiger partial charge on any atom is 0.224 e. The van der Waals surface area contributed by atoms with Crippen LogP contribution in [0.5, 0.6) is 0 Å². The first-order valence-corrected chi connectivity index (χ1v) is 8.90. The fraction of sp³-hybridized carbons (Fsp3) is 0.381. The Morgan fingerprint density at radius 2 is 2.00 bits per heavy atom. The molecule has 0 aromatic heterocycles. The number of rotatable bonds is 5. The Morgan fingerprint density at radius 1 is 1.20 bits per heavy atom. The van der Waals surface area contributed by atoms with Crippen molar-refractivity contribution in [2.24, 2.45) is 5.92 Å². The molecule has 0 spiro atoms. The van der Waals surface area contributed by atoms with Gasteiger partial charge in [0, 0.05) is 19.6 Å². The molecule has 0 saturated carbocycles. The molecule has 0 aliphatic carbocycles. The van der Waals surface area contributed by atoms with Crippen LogP contribution in [0.4, 0.5) is 4.39 Å². The maximum atomic E-state index is 13.0. The summed E-state index contributed by atoms with van der Waals surface area (Å²) < 4.78 is 13.0. The molecule has 1 heterocycles. The zero-order valence-corrected chi connectivity index (χ0v) is 14.7. The van der Waals surface area contributed by atoms with Gasteiger partial charge in [-0.1, -0.05) is 42.0 Å². The zero-order chi connectivity index (χ0) is 17.6. The number of carbonyl (C=O) groups is 1. The van der Waals surface area contributed by atoms with E-state index in [1.807, 2.05) is 24.3 Å².